The maximum Gasteiger partial charge on any atom is 0.490 e. The molecule has 0 radical (unpaired) electrons. The van der Waals surface area contributed by atoms with E-state index in [1.165, 1.54) is 11.3 Å². The standard InChI is InChI=1S/C21H23N5O2S.2C2HF3O2/c1-2-28-21(27)17-12-26(11-16-7-8-18(29-16)20(24)25)10-15(17)9-13-3-5-14(6-4-13)19(22)23;2*3-2(4,5)1(6)7/h3-8,10,12H,2,9,11H2,1H3,(H3,22,23)(H3,24,25);2*(H,6,7). The molecule has 0 atom stereocenters. The summed E-state index contributed by atoms with van der Waals surface area (Å²) in [4.78, 5) is 32.0. The first kappa shape index (κ1) is 36.2. The van der Waals surface area contributed by atoms with Crippen molar-refractivity contribution in [3.8, 4) is 0 Å². The highest BCUT2D eigenvalue weighted by molar-refractivity contribution is 7.14. The molecule has 3 aromatic rings. The molecule has 2 heterocycles. The Labute approximate surface area is 243 Å². The van der Waals surface area contributed by atoms with Gasteiger partial charge in [-0.3, -0.25) is 10.8 Å². The number of alkyl halides is 6. The molecule has 0 aliphatic carbocycles. The molecule has 0 saturated carbocycles. The number of carboxylic acid groups (broad SMARTS) is 2. The van der Waals surface area contributed by atoms with Gasteiger partial charge in [-0.1, -0.05) is 24.3 Å². The quantitative estimate of drug-likeness (QED) is 0.0911. The van der Waals surface area contributed by atoms with Gasteiger partial charge < -0.3 is 31.0 Å². The van der Waals surface area contributed by atoms with E-state index >= 15 is 0 Å². The van der Waals surface area contributed by atoms with E-state index in [9.17, 15) is 31.1 Å². The van der Waals surface area contributed by atoms with Crippen molar-refractivity contribution in [1.82, 2.24) is 4.57 Å². The lowest BCUT2D eigenvalue weighted by molar-refractivity contribution is -0.193. The van der Waals surface area contributed by atoms with Gasteiger partial charge in [0.2, 0.25) is 0 Å². The van der Waals surface area contributed by atoms with Gasteiger partial charge in [-0.25, -0.2) is 14.4 Å². The third-order valence-electron chi connectivity index (χ3n) is 4.87. The minimum absolute atomic E-state index is 0.0239. The number of aromatic nitrogens is 1. The summed E-state index contributed by atoms with van der Waals surface area (Å²) in [5.41, 5.74) is 14.1. The number of nitrogens with zero attached hydrogens (tertiary/aromatic N) is 1. The number of carbonyl (C=O) groups excluding carboxylic acids is 1. The number of amidine groups is 2. The first-order chi connectivity index (χ1) is 19.8. The van der Waals surface area contributed by atoms with Crippen LogP contribution in [0.25, 0.3) is 0 Å². The number of nitrogens with one attached hydrogen (secondary N) is 2. The molecule has 0 spiro atoms. The first-order valence-corrected chi connectivity index (χ1v) is 12.4. The van der Waals surface area contributed by atoms with Crippen LogP contribution in [0, 0.1) is 10.8 Å². The molecule has 0 amide bonds. The van der Waals surface area contributed by atoms with Gasteiger partial charge in [0, 0.05) is 22.8 Å². The van der Waals surface area contributed by atoms with Crippen LogP contribution >= 0.6 is 11.3 Å². The normalized spacial score (nSPS) is 10.9. The van der Waals surface area contributed by atoms with Gasteiger partial charge in [-0.05, 0) is 36.6 Å². The van der Waals surface area contributed by atoms with Gasteiger partial charge in [0.05, 0.1) is 23.6 Å². The second kappa shape index (κ2) is 15.4. The Morgan fingerprint density at radius 2 is 1.40 bits per heavy atom. The van der Waals surface area contributed by atoms with Gasteiger partial charge in [0.15, 0.2) is 0 Å². The van der Waals surface area contributed by atoms with E-state index in [-0.39, 0.29) is 17.6 Å². The number of nitrogen functional groups attached to an aromatic ring is 2. The van der Waals surface area contributed by atoms with E-state index in [4.69, 9.17) is 46.8 Å². The number of thiophene rings is 1. The number of carbonyl (C=O) groups is 3. The van der Waals surface area contributed by atoms with E-state index in [0.717, 1.165) is 20.9 Å². The summed E-state index contributed by atoms with van der Waals surface area (Å²) in [6.45, 7) is 2.67. The fraction of sp³-hybridized carbons (Fsp3) is 0.240. The molecule has 0 aliphatic heterocycles. The number of carboxylic acids is 2. The Balaban J connectivity index is 0.000000548. The third-order valence-corrected chi connectivity index (χ3v) is 5.97. The van der Waals surface area contributed by atoms with Gasteiger partial charge in [-0.15, -0.1) is 11.3 Å². The minimum atomic E-state index is -5.08. The zero-order valence-electron chi connectivity index (χ0n) is 22.0. The van der Waals surface area contributed by atoms with Gasteiger partial charge in [-0.2, -0.15) is 26.3 Å². The van der Waals surface area contributed by atoms with E-state index < -0.39 is 24.3 Å². The van der Waals surface area contributed by atoms with E-state index in [2.05, 4.69) is 0 Å². The molecule has 8 N–H and O–H groups in total. The highest BCUT2D eigenvalue weighted by atomic mass is 32.1. The number of benzene rings is 1. The van der Waals surface area contributed by atoms with Crippen molar-refractivity contribution in [2.45, 2.75) is 32.2 Å². The third kappa shape index (κ3) is 12.3. The molecule has 2 aromatic heterocycles. The number of nitrogens with two attached hydrogens (primary N) is 2. The lowest BCUT2D eigenvalue weighted by atomic mass is 10.0. The fourth-order valence-corrected chi connectivity index (χ4v) is 3.87. The van der Waals surface area contributed by atoms with Crippen molar-refractivity contribution in [1.29, 1.82) is 10.8 Å². The molecule has 0 saturated heterocycles. The topological polar surface area (TPSA) is 206 Å². The van der Waals surface area contributed by atoms with Crippen LogP contribution in [0.3, 0.4) is 0 Å². The molecule has 18 heteroatoms. The van der Waals surface area contributed by atoms with Crippen molar-refractivity contribution in [2.24, 2.45) is 11.5 Å². The van der Waals surface area contributed by atoms with Crippen molar-refractivity contribution in [2.75, 3.05) is 6.61 Å². The fourth-order valence-electron chi connectivity index (χ4n) is 2.99. The number of rotatable bonds is 8. The van der Waals surface area contributed by atoms with Crippen molar-refractivity contribution >= 4 is 40.9 Å². The molecule has 11 nitrogen and oxygen atoms in total. The van der Waals surface area contributed by atoms with Crippen LogP contribution in [0.1, 0.15) is 43.7 Å². The summed E-state index contributed by atoms with van der Waals surface area (Å²) in [5, 5.41) is 29.3. The summed E-state index contributed by atoms with van der Waals surface area (Å²) in [7, 11) is 0. The maximum absolute atomic E-state index is 12.4. The predicted molar refractivity (Wildman–Crippen MR) is 142 cm³/mol. The summed E-state index contributed by atoms with van der Waals surface area (Å²) >= 11 is 1.46. The Kier molecular flexibility index (Phi) is 12.9. The largest absolute Gasteiger partial charge is 0.490 e. The minimum Gasteiger partial charge on any atom is -0.475 e. The molecule has 3 rings (SSSR count). The molecule has 43 heavy (non-hydrogen) atoms. The summed E-state index contributed by atoms with van der Waals surface area (Å²) in [6, 6.07) is 11.2. The molecule has 1 aromatic carbocycles. The molecule has 0 fully saturated rings. The number of hydrogen-bond acceptors (Lipinski definition) is 7. The Morgan fingerprint density at radius 3 is 1.79 bits per heavy atom. The maximum atomic E-state index is 12.4. The Bertz CT molecular complexity index is 1420. The van der Waals surface area contributed by atoms with Crippen LogP contribution in [-0.2, 0) is 27.3 Å². The SMILES string of the molecule is CCOC(=O)c1cn(Cc2ccc(C(=N)N)s2)cc1Cc1ccc(C(=N)N)cc1.O=C(O)C(F)(F)F.O=C(O)C(F)(F)F. The average Bonchev–Trinajstić information content (AvgIpc) is 3.51. The predicted octanol–water partition coefficient (Wildman–Crippen LogP) is 4.20. The highest BCUT2D eigenvalue weighted by Gasteiger charge is 2.38. The van der Waals surface area contributed by atoms with Crippen molar-refractivity contribution in [3.05, 3.63) is 80.8 Å². The van der Waals surface area contributed by atoms with Crippen LogP contribution in [0.4, 0.5) is 26.3 Å². The van der Waals surface area contributed by atoms with Crippen LogP contribution in [0.5, 0.6) is 0 Å². The molecule has 0 unspecified atom stereocenters. The number of ether oxygens (including phenoxy) is 1. The second-order valence-electron chi connectivity index (χ2n) is 8.16. The highest BCUT2D eigenvalue weighted by Crippen LogP contribution is 2.22. The van der Waals surface area contributed by atoms with Crippen molar-refractivity contribution in [3.63, 3.8) is 0 Å². The van der Waals surface area contributed by atoms with Gasteiger partial charge in [0.1, 0.15) is 11.7 Å². The number of hydrogen-bond donors (Lipinski definition) is 6. The zero-order valence-corrected chi connectivity index (χ0v) is 22.9. The van der Waals surface area contributed by atoms with Gasteiger partial charge in [0.25, 0.3) is 0 Å². The van der Waals surface area contributed by atoms with Crippen LogP contribution in [-0.4, -0.2) is 63.3 Å². The number of aliphatic carboxylic acids is 2. The van der Waals surface area contributed by atoms with Gasteiger partial charge >= 0.3 is 30.3 Å². The Morgan fingerprint density at radius 1 is 0.884 bits per heavy atom. The molecule has 234 valence electrons. The van der Waals surface area contributed by atoms with Crippen molar-refractivity contribution < 1.29 is 55.7 Å². The van der Waals surface area contributed by atoms with Crippen LogP contribution in [0.15, 0.2) is 48.8 Å². The molecular formula is C25H25F6N5O6S. The summed E-state index contributed by atoms with van der Waals surface area (Å²) in [6.07, 6.45) is -5.87. The second-order valence-corrected chi connectivity index (χ2v) is 9.33. The smallest absolute Gasteiger partial charge is 0.475 e. The van der Waals surface area contributed by atoms with E-state index in [1.54, 1.807) is 25.3 Å². The molecule has 0 bridgehead atoms. The lowest BCUT2D eigenvalue weighted by Crippen LogP contribution is -2.21. The first-order valence-electron chi connectivity index (χ1n) is 11.6. The van der Waals surface area contributed by atoms with Crippen LogP contribution in [0.2, 0.25) is 0 Å². The average molecular weight is 638 g/mol. The van der Waals surface area contributed by atoms with E-state index in [0.29, 0.717) is 30.7 Å². The Hall–Kier alpha value is -4.87. The summed E-state index contributed by atoms with van der Waals surface area (Å²) < 4.78 is 70.6. The molecule has 0 aliphatic rings. The molecular weight excluding hydrogens is 612 g/mol. The zero-order chi connectivity index (χ0) is 33.1. The monoisotopic (exact) mass is 637 g/mol. The number of esters is 1. The van der Waals surface area contributed by atoms with E-state index in [1.807, 2.05) is 35.0 Å². The number of halogens is 6. The van der Waals surface area contributed by atoms with Crippen LogP contribution < -0.4 is 11.5 Å². The lowest BCUT2D eigenvalue weighted by Gasteiger charge is -2.05. The summed E-state index contributed by atoms with van der Waals surface area (Å²) in [5.74, 6) is -5.79.